The smallest absolute Gasteiger partial charge is 0.226 e. The fraction of sp³-hybridized carbons (Fsp3) is 0.375. The van der Waals surface area contributed by atoms with Crippen LogP contribution < -0.4 is 15.5 Å². The van der Waals surface area contributed by atoms with E-state index in [0.717, 1.165) is 42.5 Å². The molecule has 112 valence electrons. The molecule has 0 saturated carbocycles. The highest BCUT2D eigenvalue weighted by Crippen LogP contribution is 2.20. The molecule has 0 unspecified atom stereocenters. The lowest BCUT2D eigenvalue weighted by atomic mass is 10.1. The minimum atomic E-state index is 0.717. The van der Waals surface area contributed by atoms with Gasteiger partial charge in [0.1, 0.15) is 5.82 Å². The van der Waals surface area contributed by atoms with Gasteiger partial charge in [0.25, 0.3) is 0 Å². The highest BCUT2D eigenvalue weighted by atomic mass is 15.3. The van der Waals surface area contributed by atoms with E-state index in [2.05, 4.69) is 27.9 Å². The predicted molar refractivity (Wildman–Crippen MR) is 88.6 cm³/mol. The highest BCUT2D eigenvalue weighted by molar-refractivity contribution is 5.50. The van der Waals surface area contributed by atoms with E-state index in [1.54, 1.807) is 6.20 Å². The molecule has 2 rings (SSSR count). The van der Waals surface area contributed by atoms with Crippen molar-refractivity contribution in [3.63, 3.8) is 0 Å². The van der Waals surface area contributed by atoms with Gasteiger partial charge in [0, 0.05) is 39.1 Å². The summed E-state index contributed by atoms with van der Waals surface area (Å²) in [4.78, 5) is 13.0. The Bertz CT molecular complexity index is 582. The summed E-state index contributed by atoms with van der Waals surface area (Å²) in [6.07, 6.45) is 2.85. The third kappa shape index (κ3) is 3.84. The minimum absolute atomic E-state index is 0.717. The zero-order valence-electron chi connectivity index (χ0n) is 13.0. The van der Waals surface area contributed by atoms with Crippen molar-refractivity contribution in [1.29, 1.82) is 0 Å². The standard InChI is InChI=1S/C16H23N5/c1-4-11-21(12-13-7-5-6-8-14(13)17)15-9-10-18-16(19-15)20(2)3/h5-10H,4,11-12,17H2,1-3H3. The van der Waals surface area contributed by atoms with E-state index >= 15 is 0 Å². The molecular formula is C16H23N5. The van der Waals surface area contributed by atoms with Crippen LogP contribution >= 0.6 is 0 Å². The van der Waals surface area contributed by atoms with E-state index in [0.29, 0.717) is 0 Å². The van der Waals surface area contributed by atoms with Crippen LogP contribution in [0.25, 0.3) is 0 Å². The second kappa shape index (κ2) is 6.92. The van der Waals surface area contributed by atoms with E-state index in [1.807, 2.05) is 43.3 Å². The van der Waals surface area contributed by atoms with Crippen LogP contribution in [-0.4, -0.2) is 30.6 Å². The Morgan fingerprint density at radius 1 is 1.14 bits per heavy atom. The molecule has 1 heterocycles. The van der Waals surface area contributed by atoms with Gasteiger partial charge in [0.15, 0.2) is 0 Å². The molecule has 0 aliphatic heterocycles. The molecule has 0 saturated heterocycles. The van der Waals surface area contributed by atoms with Gasteiger partial charge in [-0.2, -0.15) is 4.98 Å². The third-order valence-electron chi connectivity index (χ3n) is 3.26. The lowest BCUT2D eigenvalue weighted by Gasteiger charge is -2.24. The summed E-state index contributed by atoms with van der Waals surface area (Å²) in [6.45, 7) is 3.85. The maximum atomic E-state index is 6.05. The lowest BCUT2D eigenvalue weighted by Crippen LogP contribution is -2.26. The lowest BCUT2D eigenvalue weighted by molar-refractivity contribution is 0.752. The van der Waals surface area contributed by atoms with Crippen molar-refractivity contribution in [2.75, 3.05) is 36.2 Å². The molecular weight excluding hydrogens is 262 g/mol. The number of nitrogen functional groups attached to an aromatic ring is 1. The van der Waals surface area contributed by atoms with Gasteiger partial charge < -0.3 is 15.5 Å². The number of nitrogens with zero attached hydrogens (tertiary/aromatic N) is 4. The number of para-hydroxylation sites is 1. The van der Waals surface area contributed by atoms with E-state index in [4.69, 9.17) is 5.73 Å². The maximum Gasteiger partial charge on any atom is 0.226 e. The Morgan fingerprint density at radius 3 is 2.57 bits per heavy atom. The molecule has 5 nitrogen and oxygen atoms in total. The maximum absolute atomic E-state index is 6.05. The van der Waals surface area contributed by atoms with E-state index in [-0.39, 0.29) is 0 Å². The van der Waals surface area contributed by atoms with Crippen molar-refractivity contribution in [2.24, 2.45) is 0 Å². The zero-order valence-corrected chi connectivity index (χ0v) is 13.0. The summed E-state index contributed by atoms with van der Waals surface area (Å²) in [5, 5.41) is 0. The molecule has 2 N–H and O–H groups in total. The SMILES string of the molecule is CCCN(Cc1ccccc1N)c1ccnc(N(C)C)n1. The molecule has 1 aromatic heterocycles. The second-order valence-corrected chi connectivity index (χ2v) is 5.23. The summed E-state index contributed by atoms with van der Waals surface area (Å²) in [5.41, 5.74) is 7.99. The van der Waals surface area contributed by atoms with Gasteiger partial charge in [-0.25, -0.2) is 4.98 Å². The van der Waals surface area contributed by atoms with Gasteiger partial charge in [-0.15, -0.1) is 0 Å². The Labute approximate surface area is 126 Å². The molecule has 0 atom stereocenters. The van der Waals surface area contributed by atoms with Gasteiger partial charge in [0.2, 0.25) is 5.95 Å². The van der Waals surface area contributed by atoms with Crippen molar-refractivity contribution < 1.29 is 0 Å². The first-order valence-electron chi connectivity index (χ1n) is 7.20. The van der Waals surface area contributed by atoms with Crippen LogP contribution in [-0.2, 0) is 6.54 Å². The first-order valence-corrected chi connectivity index (χ1v) is 7.20. The molecule has 0 fully saturated rings. The predicted octanol–water partition coefficient (Wildman–Crippen LogP) is 2.54. The van der Waals surface area contributed by atoms with Crippen molar-refractivity contribution in [1.82, 2.24) is 9.97 Å². The quantitative estimate of drug-likeness (QED) is 0.827. The Hall–Kier alpha value is -2.30. The summed E-state index contributed by atoms with van der Waals surface area (Å²) in [7, 11) is 3.89. The number of rotatable bonds is 6. The number of hydrogen-bond acceptors (Lipinski definition) is 5. The average molecular weight is 285 g/mol. The number of anilines is 3. The Balaban J connectivity index is 2.26. The van der Waals surface area contributed by atoms with Crippen LogP contribution in [0, 0.1) is 0 Å². The average Bonchev–Trinajstić information content (AvgIpc) is 2.49. The molecule has 0 aliphatic rings. The van der Waals surface area contributed by atoms with Gasteiger partial charge in [-0.05, 0) is 24.1 Å². The van der Waals surface area contributed by atoms with Crippen molar-refractivity contribution in [2.45, 2.75) is 19.9 Å². The number of nitrogens with two attached hydrogens (primary N) is 1. The largest absolute Gasteiger partial charge is 0.398 e. The van der Waals surface area contributed by atoms with Crippen molar-refractivity contribution >= 4 is 17.5 Å². The van der Waals surface area contributed by atoms with Gasteiger partial charge in [0.05, 0.1) is 0 Å². The monoisotopic (exact) mass is 285 g/mol. The molecule has 0 bridgehead atoms. The van der Waals surface area contributed by atoms with Gasteiger partial charge in [-0.1, -0.05) is 25.1 Å². The number of hydrogen-bond donors (Lipinski definition) is 1. The van der Waals surface area contributed by atoms with E-state index in [9.17, 15) is 0 Å². The molecule has 0 radical (unpaired) electrons. The molecule has 21 heavy (non-hydrogen) atoms. The molecule has 0 aliphatic carbocycles. The first kappa shape index (κ1) is 15.1. The van der Waals surface area contributed by atoms with Crippen LogP contribution in [0.4, 0.5) is 17.5 Å². The summed E-state index contributed by atoms with van der Waals surface area (Å²) >= 11 is 0. The fourth-order valence-electron chi connectivity index (χ4n) is 2.16. The van der Waals surface area contributed by atoms with Crippen LogP contribution in [0.3, 0.4) is 0 Å². The zero-order chi connectivity index (χ0) is 15.2. The number of benzene rings is 1. The molecule has 0 spiro atoms. The van der Waals surface area contributed by atoms with Crippen LogP contribution in [0.1, 0.15) is 18.9 Å². The summed E-state index contributed by atoms with van der Waals surface area (Å²) in [6, 6.07) is 9.91. The Morgan fingerprint density at radius 2 is 1.90 bits per heavy atom. The van der Waals surface area contributed by atoms with E-state index in [1.165, 1.54) is 0 Å². The topological polar surface area (TPSA) is 58.3 Å². The fourth-order valence-corrected chi connectivity index (χ4v) is 2.16. The molecule has 2 aromatic rings. The summed E-state index contributed by atoms with van der Waals surface area (Å²) < 4.78 is 0. The Kier molecular flexibility index (Phi) is 4.98. The second-order valence-electron chi connectivity index (χ2n) is 5.23. The van der Waals surface area contributed by atoms with Crippen LogP contribution in [0.2, 0.25) is 0 Å². The highest BCUT2D eigenvalue weighted by Gasteiger charge is 2.11. The molecule has 5 heteroatoms. The van der Waals surface area contributed by atoms with Crippen molar-refractivity contribution in [3.05, 3.63) is 42.1 Å². The van der Waals surface area contributed by atoms with Crippen molar-refractivity contribution in [3.8, 4) is 0 Å². The minimum Gasteiger partial charge on any atom is -0.398 e. The summed E-state index contributed by atoms with van der Waals surface area (Å²) in [5.74, 6) is 1.65. The molecule has 1 aromatic carbocycles. The normalized spacial score (nSPS) is 10.4. The van der Waals surface area contributed by atoms with Crippen LogP contribution in [0.15, 0.2) is 36.5 Å². The van der Waals surface area contributed by atoms with E-state index < -0.39 is 0 Å². The van der Waals surface area contributed by atoms with Crippen LogP contribution in [0.5, 0.6) is 0 Å². The third-order valence-corrected chi connectivity index (χ3v) is 3.26. The first-order chi connectivity index (χ1) is 10.1. The van der Waals surface area contributed by atoms with Gasteiger partial charge >= 0.3 is 0 Å². The van der Waals surface area contributed by atoms with Gasteiger partial charge in [-0.3, -0.25) is 0 Å². The number of aromatic nitrogens is 2. The molecule has 0 amide bonds.